The third-order valence-corrected chi connectivity index (χ3v) is 9.69. The molecule has 3 rings (SSSR count). The van der Waals surface area contributed by atoms with Gasteiger partial charge in [-0.3, -0.25) is 28.8 Å². The molecule has 0 radical (unpaired) electrons. The van der Waals surface area contributed by atoms with Crippen molar-refractivity contribution in [1.29, 1.82) is 0 Å². The third-order valence-electron chi connectivity index (χ3n) is 9.69. The van der Waals surface area contributed by atoms with Gasteiger partial charge in [0.2, 0.25) is 23.6 Å². The van der Waals surface area contributed by atoms with Crippen LogP contribution in [0.2, 0.25) is 0 Å². The fraction of sp³-hybridized carbons (Fsp3) is 0.658. The van der Waals surface area contributed by atoms with Crippen LogP contribution in [0.5, 0.6) is 5.75 Å². The number of carbonyl (C=O) groups is 7. The maximum Gasteiger partial charge on any atom is 0.317 e. The number of nitrogens with two attached hydrogens (primary N) is 2. The Balaban J connectivity index is 1.54. The lowest BCUT2D eigenvalue weighted by Crippen LogP contribution is -2.56. The number of anilines is 1. The van der Waals surface area contributed by atoms with Crippen molar-refractivity contribution in [3.8, 4) is 5.75 Å². The van der Waals surface area contributed by atoms with Crippen LogP contribution in [-0.4, -0.2) is 116 Å². The first-order valence-electron chi connectivity index (χ1n) is 19.9. The summed E-state index contributed by atoms with van der Waals surface area (Å²) in [6, 6.07) is 0.825. The molecule has 1 fully saturated rings. The Kier molecular flexibility index (Phi) is 20.5. The number of hydrogen-bond acceptors (Lipinski definition) is 10. The van der Waals surface area contributed by atoms with Gasteiger partial charge in [0.1, 0.15) is 23.9 Å². The predicted molar refractivity (Wildman–Crippen MR) is 209 cm³/mol. The minimum absolute atomic E-state index is 0.0101. The highest BCUT2D eigenvalue weighted by Crippen LogP contribution is 2.25. The summed E-state index contributed by atoms with van der Waals surface area (Å²) in [5.74, 6) is -4.41. The number of nitrogens with zero attached hydrogens (tertiary/aromatic N) is 1. The molecule has 1 aromatic carbocycles. The van der Waals surface area contributed by atoms with Gasteiger partial charge in [0.05, 0.1) is 12.2 Å². The zero-order valence-electron chi connectivity index (χ0n) is 32.3. The molecule has 2 aliphatic rings. The van der Waals surface area contributed by atoms with E-state index in [2.05, 4.69) is 31.9 Å². The van der Waals surface area contributed by atoms with Crippen molar-refractivity contribution >= 4 is 47.2 Å². The van der Waals surface area contributed by atoms with E-state index in [-0.39, 0.29) is 55.5 Å². The molecule has 312 valence electrons. The summed E-state index contributed by atoms with van der Waals surface area (Å²) in [4.78, 5) is 90.8. The van der Waals surface area contributed by atoms with Crippen LogP contribution in [0.3, 0.4) is 0 Å². The van der Waals surface area contributed by atoms with Crippen molar-refractivity contribution in [2.75, 3.05) is 51.2 Å². The van der Waals surface area contributed by atoms with E-state index in [9.17, 15) is 38.7 Å². The summed E-state index contributed by atoms with van der Waals surface area (Å²) >= 11 is 0. The van der Waals surface area contributed by atoms with Gasteiger partial charge in [0.25, 0.3) is 5.91 Å². The standard InChI is InChI=1S/C38H61N9O9/c39-18-9-8-11-29-36(53)44-28(34(40)51)17-24-56-31-15-13-26(25-27(31)35(52)45-30(37(54)46-29)14-16-33(49)50)43-32(48)12-7-5-3-1-2-4-6-10-19-42-38(55)47-22-20-41-21-23-47/h13,15,25,28-30,41H,1-12,14,16-24,39H2,(H2,40,51)(H,42,55)(H,43,48)(H,44,53)(H,45,52)(H,46,54)(H,49,50)/t28-,29-,30-/m0/s1. The predicted octanol–water partition coefficient (Wildman–Crippen LogP) is 1.08. The molecule has 18 heteroatoms. The van der Waals surface area contributed by atoms with Gasteiger partial charge in [-0.25, -0.2) is 4.79 Å². The summed E-state index contributed by atoms with van der Waals surface area (Å²) in [7, 11) is 0. The molecule has 0 spiro atoms. The van der Waals surface area contributed by atoms with Gasteiger partial charge in [-0.15, -0.1) is 0 Å². The topological polar surface area (TPSA) is 276 Å². The highest BCUT2D eigenvalue weighted by molar-refractivity contribution is 6.02. The number of aliphatic carboxylic acids is 1. The van der Waals surface area contributed by atoms with Gasteiger partial charge < -0.3 is 58.1 Å². The maximum atomic E-state index is 13.7. The normalized spacial score (nSPS) is 19.3. The molecular weight excluding hydrogens is 726 g/mol. The molecule has 18 nitrogen and oxygen atoms in total. The number of carboxylic acid groups (broad SMARTS) is 1. The smallest absolute Gasteiger partial charge is 0.317 e. The molecule has 3 atom stereocenters. The van der Waals surface area contributed by atoms with Crippen LogP contribution in [-0.2, 0) is 24.0 Å². The number of benzene rings is 1. The van der Waals surface area contributed by atoms with Crippen LogP contribution in [0.4, 0.5) is 10.5 Å². The van der Waals surface area contributed by atoms with Gasteiger partial charge in [-0.05, 0) is 63.3 Å². The van der Waals surface area contributed by atoms with Crippen LogP contribution in [0.1, 0.15) is 107 Å². The lowest BCUT2D eigenvalue weighted by Gasteiger charge is -2.27. The molecular formula is C38H61N9O9. The molecule has 1 aromatic rings. The number of carboxylic acids is 1. The highest BCUT2D eigenvalue weighted by Gasteiger charge is 2.31. The number of unbranched alkanes of at least 4 members (excludes halogenated alkanes) is 8. The van der Waals surface area contributed by atoms with Crippen molar-refractivity contribution < 1.29 is 43.4 Å². The Bertz CT molecular complexity index is 1470. The van der Waals surface area contributed by atoms with Crippen LogP contribution >= 0.6 is 0 Å². The van der Waals surface area contributed by atoms with Crippen molar-refractivity contribution in [2.45, 2.75) is 114 Å². The minimum Gasteiger partial charge on any atom is -0.493 e. The van der Waals surface area contributed by atoms with Crippen LogP contribution in [0, 0.1) is 0 Å². The lowest BCUT2D eigenvalue weighted by atomic mass is 10.0. The molecule has 11 N–H and O–H groups in total. The second-order valence-corrected chi connectivity index (χ2v) is 14.2. The van der Waals surface area contributed by atoms with Crippen LogP contribution in [0.25, 0.3) is 0 Å². The van der Waals surface area contributed by atoms with Gasteiger partial charge in [0.15, 0.2) is 0 Å². The number of fused-ring (bicyclic) bond motifs is 1. The number of carbonyl (C=O) groups excluding carboxylic acids is 6. The van der Waals surface area contributed by atoms with Crippen molar-refractivity contribution in [1.82, 2.24) is 31.5 Å². The van der Waals surface area contributed by atoms with E-state index in [1.165, 1.54) is 12.1 Å². The second-order valence-electron chi connectivity index (χ2n) is 14.2. The van der Waals surface area contributed by atoms with E-state index >= 15 is 0 Å². The molecule has 2 aliphatic heterocycles. The van der Waals surface area contributed by atoms with Gasteiger partial charge >= 0.3 is 12.0 Å². The Hall–Kier alpha value is -4.97. The van der Waals surface area contributed by atoms with E-state index in [0.29, 0.717) is 38.0 Å². The highest BCUT2D eigenvalue weighted by atomic mass is 16.5. The minimum atomic E-state index is -1.35. The SMILES string of the molecule is NCCCC[C@@H]1NC(=O)[C@H](CCC(=O)O)NC(=O)c2cc(NC(=O)CCCCCCCCCCNC(=O)N3CCNCC3)ccc2OCC[C@@H](C(N)=O)NC1=O. The Morgan fingerprint density at radius 2 is 1.48 bits per heavy atom. The second kappa shape index (κ2) is 25.2. The average Bonchev–Trinajstić information content (AvgIpc) is 3.17. The zero-order chi connectivity index (χ0) is 40.7. The average molecular weight is 788 g/mol. The first-order valence-corrected chi connectivity index (χ1v) is 19.9. The number of nitrogens with one attached hydrogen (secondary N) is 6. The van der Waals surface area contributed by atoms with E-state index in [1.807, 2.05) is 4.90 Å². The zero-order valence-corrected chi connectivity index (χ0v) is 32.3. The summed E-state index contributed by atoms with van der Waals surface area (Å²) in [6.45, 7) is 4.05. The monoisotopic (exact) mass is 787 g/mol. The first-order chi connectivity index (χ1) is 27.0. The quantitative estimate of drug-likeness (QED) is 0.0844. The van der Waals surface area contributed by atoms with Crippen LogP contribution < -0.4 is 48.1 Å². The Labute approximate surface area is 328 Å². The van der Waals surface area contributed by atoms with Crippen molar-refractivity contribution in [3.63, 3.8) is 0 Å². The summed E-state index contributed by atoms with van der Waals surface area (Å²) in [6.07, 6.45) is 8.48. The lowest BCUT2D eigenvalue weighted by molar-refractivity contribution is -0.137. The van der Waals surface area contributed by atoms with E-state index in [1.54, 1.807) is 6.07 Å². The molecule has 1 saturated heterocycles. The summed E-state index contributed by atoms with van der Waals surface area (Å²) in [5.41, 5.74) is 11.4. The molecule has 0 aromatic heterocycles. The Morgan fingerprint density at radius 1 is 0.821 bits per heavy atom. The molecule has 0 unspecified atom stereocenters. The third kappa shape index (κ3) is 16.8. The van der Waals surface area contributed by atoms with Crippen molar-refractivity contribution in [3.05, 3.63) is 23.8 Å². The largest absolute Gasteiger partial charge is 0.493 e. The molecule has 7 amide bonds. The van der Waals surface area contributed by atoms with Gasteiger partial charge in [0, 0.05) is 57.7 Å². The van der Waals surface area contributed by atoms with Gasteiger partial charge in [-0.1, -0.05) is 38.5 Å². The fourth-order valence-corrected chi connectivity index (χ4v) is 6.43. The van der Waals surface area contributed by atoms with E-state index < -0.39 is 54.1 Å². The molecule has 0 saturated carbocycles. The van der Waals surface area contributed by atoms with E-state index in [4.69, 9.17) is 16.2 Å². The summed E-state index contributed by atoms with van der Waals surface area (Å²) < 4.78 is 5.85. The maximum absolute atomic E-state index is 13.7. The number of rotatable bonds is 20. The number of amides is 7. The molecule has 2 heterocycles. The molecule has 56 heavy (non-hydrogen) atoms. The Morgan fingerprint density at radius 3 is 2.16 bits per heavy atom. The number of piperazine rings is 1. The number of urea groups is 1. The van der Waals surface area contributed by atoms with Gasteiger partial charge in [-0.2, -0.15) is 0 Å². The first kappa shape index (κ1) is 45.4. The number of hydrogen-bond donors (Lipinski definition) is 9. The van der Waals surface area contributed by atoms with Crippen LogP contribution in [0.15, 0.2) is 18.2 Å². The van der Waals surface area contributed by atoms with Crippen molar-refractivity contribution in [2.24, 2.45) is 11.5 Å². The molecule has 0 bridgehead atoms. The molecule has 0 aliphatic carbocycles. The fourth-order valence-electron chi connectivity index (χ4n) is 6.43. The number of ether oxygens (including phenoxy) is 1. The van der Waals surface area contributed by atoms with E-state index in [0.717, 1.165) is 71.1 Å². The summed E-state index contributed by atoms with van der Waals surface area (Å²) in [5, 5.41) is 26.1. The number of primary amides is 1.